The normalized spacial score (nSPS) is 13.0. The number of carbonyl (C=O) groups excluding carboxylic acids is 1. The van der Waals surface area contributed by atoms with E-state index in [-0.39, 0.29) is 17.9 Å². The van der Waals surface area contributed by atoms with Gasteiger partial charge in [-0.25, -0.2) is 0 Å². The third-order valence-corrected chi connectivity index (χ3v) is 3.87. The van der Waals surface area contributed by atoms with E-state index >= 15 is 0 Å². The lowest BCUT2D eigenvalue weighted by molar-refractivity contribution is 0.0940. The first kappa shape index (κ1) is 18.8. The highest BCUT2D eigenvalue weighted by atomic mass is 16.5. The molecule has 1 amide bonds. The zero-order valence-electron chi connectivity index (χ0n) is 15.0. The van der Waals surface area contributed by atoms with Crippen molar-refractivity contribution in [3.8, 4) is 5.75 Å². The molecule has 0 heterocycles. The Morgan fingerprint density at radius 1 is 1.16 bits per heavy atom. The summed E-state index contributed by atoms with van der Waals surface area (Å²) in [6.07, 6.45) is 0.290. The molecule has 0 aliphatic carbocycles. The molecule has 25 heavy (non-hydrogen) atoms. The number of methoxy groups -OCH3 is 1. The summed E-state index contributed by atoms with van der Waals surface area (Å²) < 4.78 is 5.23. The molecule has 0 aliphatic rings. The van der Waals surface area contributed by atoms with Crippen molar-refractivity contribution < 1.29 is 14.6 Å². The fraction of sp³-hybridized carbons (Fsp3) is 0.350. The van der Waals surface area contributed by atoms with Gasteiger partial charge in [-0.15, -0.1) is 0 Å². The van der Waals surface area contributed by atoms with Crippen LogP contribution in [0.3, 0.4) is 0 Å². The van der Waals surface area contributed by atoms with Crippen LogP contribution in [0.4, 0.5) is 11.4 Å². The summed E-state index contributed by atoms with van der Waals surface area (Å²) in [4.78, 5) is 12.5. The minimum absolute atomic E-state index is 0.136. The number of anilines is 2. The molecule has 2 aromatic rings. The van der Waals surface area contributed by atoms with Crippen LogP contribution >= 0.6 is 0 Å². The molecule has 2 aromatic carbocycles. The maximum atomic E-state index is 12.5. The number of hydrogen-bond acceptors (Lipinski definition) is 4. The van der Waals surface area contributed by atoms with Crippen molar-refractivity contribution >= 4 is 17.3 Å². The van der Waals surface area contributed by atoms with Gasteiger partial charge in [0, 0.05) is 18.3 Å². The van der Waals surface area contributed by atoms with Gasteiger partial charge >= 0.3 is 0 Å². The Morgan fingerprint density at radius 2 is 1.92 bits per heavy atom. The van der Waals surface area contributed by atoms with Gasteiger partial charge in [-0.2, -0.15) is 0 Å². The van der Waals surface area contributed by atoms with E-state index in [4.69, 9.17) is 4.74 Å². The Bertz CT molecular complexity index is 701. The second-order valence-electron chi connectivity index (χ2n) is 6.30. The number of nitrogens with one attached hydrogen (secondary N) is 2. The molecule has 2 atom stereocenters. The number of hydrogen-bond donors (Lipinski definition) is 3. The van der Waals surface area contributed by atoms with Crippen molar-refractivity contribution in [1.82, 2.24) is 5.32 Å². The Labute approximate surface area is 149 Å². The summed E-state index contributed by atoms with van der Waals surface area (Å²) in [6, 6.07) is 14.9. The molecule has 0 spiro atoms. The van der Waals surface area contributed by atoms with Crippen LogP contribution in [0.5, 0.6) is 5.75 Å². The Hall–Kier alpha value is -2.53. The molecule has 0 aliphatic heterocycles. The smallest absolute Gasteiger partial charge is 0.253 e. The van der Waals surface area contributed by atoms with E-state index in [1.165, 1.54) is 0 Å². The lowest BCUT2D eigenvalue weighted by Crippen LogP contribution is -2.29. The summed E-state index contributed by atoms with van der Waals surface area (Å²) in [7, 11) is 1.62. The molecule has 0 aromatic heterocycles. The number of rotatable bonds is 8. The van der Waals surface area contributed by atoms with Crippen LogP contribution in [0.15, 0.2) is 48.5 Å². The monoisotopic (exact) mass is 342 g/mol. The fourth-order valence-electron chi connectivity index (χ4n) is 2.67. The van der Waals surface area contributed by atoms with Gasteiger partial charge in [0.15, 0.2) is 0 Å². The summed E-state index contributed by atoms with van der Waals surface area (Å²) in [6.45, 7) is 4.29. The second-order valence-corrected chi connectivity index (χ2v) is 6.30. The van der Waals surface area contributed by atoms with Gasteiger partial charge in [0.05, 0.1) is 24.5 Å². The van der Waals surface area contributed by atoms with Gasteiger partial charge in [-0.05, 0) is 43.5 Å². The van der Waals surface area contributed by atoms with Crippen LogP contribution in [-0.2, 0) is 0 Å². The molecule has 3 N–H and O–H groups in total. The Morgan fingerprint density at radius 3 is 2.64 bits per heavy atom. The number of carbonyl (C=O) groups is 1. The minimum atomic E-state index is -0.367. The third kappa shape index (κ3) is 5.80. The van der Waals surface area contributed by atoms with Crippen molar-refractivity contribution in [3.63, 3.8) is 0 Å². The van der Waals surface area contributed by atoms with Crippen molar-refractivity contribution in [2.75, 3.05) is 19.0 Å². The fourth-order valence-corrected chi connectivity index (χ4v) is 2.67. The van der Waals surface area contributed by atoms with Gasteiger partial charge in [0.2, 0.25) is 0 Å². The highest BCUT2D eigenvalue weighted by Gasteiger charge is 2.13. The number of aliphatic hydroxyl groups is 1. The zero-order valence-corrected chi connectivity index (χ0v) is 15.0. The van der Waals surface area contributed by atoms with Crippen LogP contribution in [-0.4, -0.2) is 30.8 Å². The molecule has 2 unspecified atom stereocenters. The molecular weight excluding hydrogens is 316 g/mol. The lowest BCUT2D eigenvalue weighted by atomic mass is 10.0. The number of amides is 1. The maximum Gasteiger partial charge on any atom is 0.253 e. The van der Waals surface area contributed by atoms with Crippen LogP contribution in [0.25, 0.3) is 0 Å². The minimum Gasteiger partial charge on any atom is -0.497 e. The number of para-hydroxylation sites is 1. The van der Waals surface area contributed by atoms with Gasteiger partial charge in [0.1, 0.15) is 5.75 Å². The Balaban J connectivity index is 2.07. The van der Waals surface area contributed by atoms with E-state index in [0.29, 0.717) is 18.5 Å². The van der Waals surface area contributed by atoms with Crippen LogP contribution in [0.2, 0.25) is 0 Å². The van der Waals surface area contributed by atoms with Crippen LogP contribution < -0.4 is 15.4 Å². The summed E-state index contributed by atoms with van der Waals surface area (Å²) in [5, 5.41) is 15.6. The highest BCUT2D eigenvalue weighted by molar-refractivity contribution is 6.00. The lowest BCUT2D eigenvalue weighted by Gasteiger charge is -2.16. The highest BCUT2D eigenvalue weighted by Crippen LogP contribution is 2.24. The largest absolute Gasteiger partial charge is 0.497 e. The average molecular weight is 342 g/mol. The summed E-state index contributed by atoms with van der Waals surface area (Å²) in [5.74, 6) is 0.824. The van der Waals surface area contributed by atoms with Crippen molar-refractivity contribution in [2.45, 2.75) is 26.4 Å². The van der Waals surface area contributed by atoms with E-state index in [0.717, 1.165) is 17.1 Å². The first-order valence-corrected chi connectivity index (χ1v) is 8.46. The number of aliphatic hydroxyl groups excluding tert-OH is 1. The van der Waals surface area contributed by atoms with E-state index < -0.39 is 0 Å². The molecule has 5 heteroatoms. The molecule has 0 fully saturated rings. The van der Waals surface area contributed by atoms with Crippen LogP contribution in [0.1, 0.15) is 30.6 Å². The maximum absolute atomic E-state index is 12.5. The van der Waals surface area contributed by atoms with Gasteiger partial charge in [-0.3, -0.25) is 4.79 Å². The summed E-state index contributed by atoms with van der Waals surface area (Å²) >= 11 is 0. The van der Waals surface area contributed by atoms with Crippen molar-refractivity contribution in [1.29, 1.82) is 0 Å². The van der Waals surface area contributed by atoms with E-state index in [9.17, 15) is 9.90 Å². The molecular formula is C20H26N2O3. The molecule has 134 valence electrons. The number of ether oxygens (including phenoxy) is 1. The first-order valence-electron chi connectivity index (χ1n) is 8.46. The summed E-state index contributed by atoms with van der Waals surface area (Å²) in [5.41, 5.74) is 2.16. The SMILES string of the molecule is COc1cccc(Nc2ccccc2C(=O)NCC(C)CC(C)O)c1. The molecule has 0 bridgehead atoms. The van der Waals surface area contributed by atoms with Crippen LogP contribution in [0, 0.1) is 5.92 Å². The van der Waals surface area contributed by atoms with Gasteiger partial charge in [-0.1, -0.05) is 25.1 Å². The molecule has 5 nitrogen and oxygen atoms in total. The number of benzene rings is 2. The van der Waals surface area contributed by atoms with E-state index in [2.05, 4.69) is 10.6 Å². The zero-order chi connectivity index (χ0) is 18.2. The third-order valence-electron chi connectivity index (χ3n) is 3.87. The molecule has 0 saturated carbocycles. The average Bonchev–Trinajstić information content (AvgIpc) is 2.60. The molecule has 0 radical (unpaired) electrons. The first-order chi connectivity index (χ1) is 12.0. The predicted molar refractivity (Wildman–Crippen MR) is 101 cm³/mol. The van der Waals surface area contributed by atoms with Gasteiger partial charge < -0.3 is 20.5 Å². The second kappa shape index (κ2) is 9.08. The molecule has 2 rings (SSSR count). The predicted octanol–water partition coefficient (Wildman–Crippen LogP) is 3.58. The van der Waals surface area contributed by atoms with E-state index in [1.54, 1.807) is 20.1 Å². The van der Waals surface area contributed by atoms with Crippen molar-refractivity contribution in [2.24, 2.45) is 5.92 Å². The topological polar surface area (TPSA) is 70.6 Å². The van der Waals surface area contributed by atoms with Gasteiger partial charge in [0.25, 0.3) is 5.91 Å². The van der Waals surface area contributed by atoms with E-state index in [1.807, 2.05) is 49.4 Å². The quantitative estimate of drug-likeness (QED) is 0.686. The molecule has 0 saturated heterocycles. The van der Waals surface area contributed by atoms with Crippen molar-refractivity contribution in [3.05, 3.63) is 54.1 Å². The standard InChI is InChI=1S/C20H26N2O3/c1-14(11-15(2)23)13-21-20(24)18-9-4-5-10-19(18)22-16-7-6-8-17(12-16)25-3/h4-10,12,14-15,22-23H,11,13H2,1-3H3,(H,21,24). The Kier molecular flexibility index (Phi) is 6.83.